The number of aliphatic hydroxyl groups excluding tert-OH is 1. The Balaban J connectivity index is 2.16. The van der Waals surface area contributed by atoms with Gasteiger partial charge in [-0.2, -0.15) is 8.75 Å². The fourth-order valence-corrected chi connectivity index (χ4v) is 2.07. The van der Waals surface area contributed by atoms with Crippen LogP contribution in [0.4, 0.5) is 5.82 Å². The van der Waals surface area contributed by atoms with E-state index in [-0.39, 0.29) is 6.10 Å². The lowest BCUT2D eigenvalue weighted by Gasteiger charge is -2.13. The molecule has 1 atom stereocenters. The van der Waals surface area contributed by atoms with Crippen LogP contribution in [0.5, 0.6) is 0 Å². The highest BCUT2D eigenvalue weighted by Gasteiger charge is 2.24. The summed E-state index contributed by atoms with van der Waals surface area (Å²) in [5.74, 6) is 0.707. The quantitative estimate of drug-likeness (QED) is 0.736. The number of halogens is 1. The molecule has 2 heterocycles. The molecule has 1 aliphatic heterocycles. The molecule has 0 bridgehead atoms. The van der Waals surface area contributed by atoms with Gasteiger partial charge >= 0.3 is 0 Å². The molecule has 1 aliphatic rings. The van der Waals surface area contributed by atoms with Crippen LogP contribution in [0.1, 0.15) is 6.42 Å². The summed E-state index contributed by atoms with van der Waals surface area (Å²) in [6.45, 7) is 1.43. The Kier molecular flexibility index (Phi) is 2.16. The van der Waals surface area contributed by atoms with Crippen LogP contribution in [0.2, 0.25) is 5.15 Å². The molecule has 1 N–H and O–H groups in total. The monoisotopic (exact) mass is 205 g/mol. The lowest BCUT2D eigenvalue weighted by Crippen LogP contribution is -2.21. The third kappa shape index (κ3) is 1.39. The Morgan fingerprint density at radius 3 is 2.92 bits per heavy atom. The third-order valence-electron chi connectivity index (χ3n) is 1.90. The van der Waals surface area contributed by atoms with E-state index in [1.807, 2.05) is 4.90 Å². The van der Waals surface area contributed by atoms with E-state index in [4.69, 9.17) is 11.6 Å². The zero-order valence-corrected chi connectivity index (χ0v) is 7.85. The van der Waals surface area contributed by atoms with Crippen LogP contribution in [-0.2, 0) is 0 Å². The van der Waals surface area contributed by atoms with Crippen molar-refractivity contribution in [3.63, 3.8) is 0 Å². The number of nitrogens with zero attached hydrogens (tertiary/aromatic N) is 3. The summed E-state index contributed by atoms with van der Waals surface area (Å²) in [6.07, 6.45) is 0.538. The van der Waals surface area contributed by atoms with E-state index >= 15 is 0 Å². The molecule has 0 aromatic carbocycles. The smallest absolute Gasteiger partial charge is 0.187 e. The number of anilines is 1. The van der Waals surface area contributed by atoms with Gasteiger partial charge in [0.25, 0.3) is 0 Å². The van der Waals surface area contributed by atoms with Gasteiger partial charge in [-0.3, -0.25) is 0 Å². The van der Waals surface area contributed by atoms with Crippen molar-refractivity contribution in [2.75, 3.05) is 18.0 Å². The molecule has 1 aromatic rings. The summed E-state index contributed by atoms with van der Waals surface area (Å²) in [4.78, 5) is 1.95. The molecular weight excluding hydrogens is 198 g/mol. The highest BCUT2D eigenvalue weighted by Crippen LogP contribution is 2.25. The minimum absolute atomic E-state index is 0.247. The van der Waals surface area contributed by atoms with E-state index < -0.39 is 0 Å². The van der Waals surface area contributed by atoms with Crippen LogP contribution in [0.25, 0.3) is 0 Å². The normalized spacial score (nSPS) is 23.5. The number of β-amino-alcohol motifs (C(OH)–C–C–N with tert-alkyl or cyclic N) is 1. The lowest BCUT2D eigenvalue weighted by molar-refractivity contribution is 0.198. The van der Waals surface area contributed by atoms with Gasteiger partial charge in [0.2, 0.25) is 0 Å². The summed E-state index contributed by atoms with van der Waals surface area (Å²) in [5.41, 5.74) is 0. The van der Waals surface area contributed by atoms with Gasteiger partial charge in [-0.15, -0.1) is 0 Å². The molecular formula is C6H8ClN3OS. The molecule has 1 unspecified atom stereocenters. The first-order valence-electron chi connectivity index (χ1n) is 3.68. The largest absolute Gasteiger partial charge is 0.391 e. The van der Waals surface area contributed by atoms with E-state index in [9.17, 15) is 5.11 Å². The predicted molar refractivity (Wildman–Crippen MR) is 47.8 cm³/mol. The molecule has 0 radical (unpaired) electrons. The zero-order chi connectivity index (χ0) is 8.55. The second-order valence-corrected chi connectivity index (χ2v) is 3.65. The Labute approximate surface area is 79.1 Å². The van der Waals surface area contributed by atoms with Crippen LogP contribution in [0, 0.1) is 0 Å². The minimum Gasteiger partial charge on any atom is -0.391 e. The second-order valence-electron chi connectivity index (χ2n) is 2.77. The average molecular weight is 206 g/mol. The van der Waals surface area contributed by atoms with E-state index in [1.165, 1.54) is 0 Å². The van der Waals surface area contributed by atoms with E-state index in [0.29, 0.717) is 17.5 Å². The number of rotatable bonds is 1. The molecule has 0 saturated carbocycles. The van der Waals surface area contributed by atoms with Crippen molar-refractivity contribution >= 4 is 29.1 Å². The summed E-state index contributed by atoms with van der Waals surface area (Å²) in [7, 11) is 0. The van der Waals surface area contributed by atoms with Gasteiger partial charge < -0.3 is 10.0 Å². The number of aliphatic hydroxyl groups is 1. The Morgan fingerprint density at radius 1 is 1.58 bits per heavy atom. The molecule has 6 heteroatoms. The molecule has 0 spiro atoms. The summed E-state index contributed by atoms with van der Waals surface area (Å²) in [5, 5.41) is 9.70. The SMILES string of the molecule is OC1CCN(c2nsnc2Cl)C1. The van der Waals surface area contributed by atoms with Crippen molar-refractivity contribution in [1.29, 1.82) is 0 Å². The van der Waals surface area contributed by atoms with E-state index in [0.717, 1.165) is 24.7 Å². The maximum absolute atomic E-state index is 9.26. The van der Waals surface area contributed by atoms with Crippen LogP contribution in [-0.4, -0.2) is 33.0 Å². The van der Waals surface area contributed by atoms with E-state index in [2.05, 4.69) is 8.75 Å². The number of hydrogen-bond acceptors (Lipinski definition) is 5. The topological polar surface area (TPSA) is 49.2 Å². The fourth-order valence-electron chi connectivity index (χ4n) is 1.30. The molecule has 0 amide bonds. The Morgan fingerprint density at radius 2 is 2.42 bits per heavy atom. The van der Waals surface area contributed by atoms with E-state index in [1.54, 1.807) is 0 Å². The highest BCUT2D eigenvalue weighted by atomic mass is 35.5. The van der Waals surface area contributed by atoms with Gasteiger partial charge in [-0.05, 0) is 6.42 Å². The molecule has 66 valence electrons. The summed E-state index contributed by atoms with van der Waals surface area (Å²) < 4.78 is 7.90. The van der Waals surface area contributed by atoms with Crippen molar-refractivity contribution in [3.05, 3.63) is 5.15 Å². The number of hydrogen-bond donors (Lipinski definition) is 1. The van der Waals surface area contributed by atoms with Gasteiger partial charge in [0.05, 0.1) is 17.8 Å². The van der Waals surface area contributed by atoms with Gasteiger partial charge in [0.15, 0.2) is 11.0 Å². The maximum Gasteiger partial charge on any atom is 0.187 e. The van der Waals surface area contributed by atoms with Gasteiger partial charge in [-0.25, -0.2) is 0 Å². The van der Waals surface area contributed by atoms with Crippen molar-refractivity contribution in [2.24, 2.45) is 0 Å². The minimum atomic E-state index is -0.247. The molecule has 12 heavy (non-hydrogen) atoms. The van der Waals surface area contributed by atoms with Gasteiger partial charge in [0.1, 0.15) is 0 Å². The first-order valence-corrected chi connectivity index (χ1v) is 4.79. The summed E-state index contributed by atoms with van der Waals surface area (Å²) >= 11 is 6.88. The average Bonchev–Trinajstić information content (AvgIpc) is 2.58. The Bertz CT molecular complexity index is 280. The number of aromatic nitrogens is 2. The lowest BCUT2D eigenvalue weighted by atomic mass is 10.3. The van der Waals surface area contributed by atoms with Crippen LogP contribution >= 0.6 is 23.3 Å². The van der Waals surface area contributed by atoms with Gasteiger partial charge in [0, 0.05) is 13.1 Å². The Hall–Kier alpha value is -0.390. The molecule has 1 fully saturated rings. The first kappa shape index (κ1) is 8.22. The fraction of sp³-hybridized carbons (Fsp3) is 0.667. The van der Waals surface area contributed by atoms with Crippen molar-refractivity contribution < 1.29 is 5.11 Å². The van der Waals surface area contributed by atoms with Crippen molar-refractivity contribution in [2.45, 2.75) is 12.5 Å². The van der Waals surface area contributed by atoms with Crippen LogP contribution < -0.4 is 4.90 Å². The standard InChI is InChI=1S/C6H8ClN3OS/c7-5-6(9-12-8-5)10-2-1-4(11)3-10/h4,11H,1-3H2. The van der Waals surface area contributed by atoms with Crippen molar-refractivity contribution in [3.8, 4) is 0 Å². The van der Waals surface area contributed by atoms with Crippen LogP contribution in [0.3, 0.4) is 0 Å². The molecule has 1 aromatic heterocycles. The highest BCUT2D eigenvalue weighted by molar-refractivity contribution is 6.99. The molecule has 2 rings (SSSR count). The van der Waals surface area contributed by atoms with Crippen LogP contribution in [0.15, 0.2) is 0 Å². The molecule has 4 nitrogen and oxygen atoms in total. The van der Waals surface area contributed by atoms with Crippen molar-refractivity contribution in [1.82, 2.24) is 8.75 Å². The second kappa shape index (κ2) is 3.16. The molecule has 0 aliphatic carbocycles. The molecule has 1 saturated heterocycles. The predicted octanol–water partition coefficient (Wildman–Crippen LogP) is 0.763. The maximum atomic E-state index is 9.26. The van der Waals surface area contributed by atoms with Gasteiger partial charge in [-0.1, -0.05) is 11.6 Å². The third-order valence-corrected chi connectivity index (χ3v) is 2.77. The zero-order valence-electron chi connectivity index (χ0n) is 6.27. The first-order chi connectivity index (χ1) is 5.77. The summed E-state index contributed by atoms with van der Waals surface area (Å²) in [6, 6.07) is 0.